The summed E-state index contributed by atoms with van der Waals surface area (Å²) in [6, 6.07) is 15.3. The molecule has 34 heavy (non-hydrogen) atoms. The van der Waals surface area contributed by atoms with Crippen molar-refractivity contribution in [1.82, 2.24) is 20.1 Å². The number of benzene rings is 2. The lowest BCUT2D eigenvalue weighted by atomic mass is 10.1. The fourth-order valence-corrected chi connectivity index (χ4v) is 3.99. The predicted molar refractivity (Wildman–Crippen MR) is 133 cm³/mol. The fourth-order valence-electron chi connectivity index (χ4n) is 3.99. The quantitative estimate of drug-likeness (QED) is 0.520. The van der Waals surface area contributed by atoms with E-state index in [4.69, 9.17) is 9.15 Å². The highest BCUT2D eigenvalue weighted by molar-refractivity contribution is 5.94. The molecule has 1 aromatic heterocycles. The molecule has 0 unspecified atom stereocenters. The van der Waals surface area contributed by atoms with Gasteiger partial charge in [0.05, 0.1) is 0 Å². The molecule has 7 heteroatoms. The number of nitrogens with zero attached hydrogens (tertiary/aromatic N) is 3. The van der Waals surface area contributed by atoms with Gasteiger partial charge in [0, 0.05) is 50.4 Å². The van der Waals surface area contributed by atoms with Crippen LogP contribution in [0.4, 0.5) is 0 Å². The van der Waals surface area contributed by atoms with Crippen molar-refractivity contribution in [1.29, 1.82) is 0 Å². The standard InChI is InChI=1S/C27H34N4O3/c1-4-30-15-17-31(18-16-30)14-13-28-26(32)22-7-9-23(10-8-22)27-29-25(21(3)34-27)19-33-24-11-5-20(2)6-12-24/h5-12H,4,13-19H2,1-3H3,(H,28,32). The Morgan fingerprint density at radius 3 is 2.35 bits per heavy atom. The average molecular weight is 463 g/mol. The molecule has 7 nitrogen and oxygen atoms in total. The number of ether oxygens (including phenoxy) is 1. The van der Waals surface area contributed by atoms with Crippen LogP contribution in [0.1, 0.15) is 34.3 Å². The molecule has 180 valence electrons. The maximum atomic E-state index is 12.5. The highest BCUT2D eigenvalue weighted by Crippen LogP contribution is 2.23. The summed E-state index contributed by atoms with van der Waals surface area (Å²) in [5.41, 5.74) is 3.41. The molecule has 1 aliphatic heterocycles. The van der Waals surface area contributed by atoms with Gasteiger partial charge in [-0.3, -0.25) is 9.69 Å². The largest absolute Gasteiger partial charge is 0.487 e. The first-order valence-corrected chi connectivity index (χ1v) is 12.0. The van der Waals surface area contributed by atoms with Gasteiger partial charge in [-0.05, 0) is 56.8 Å². The lowest BCUT2D eigenvalue weighted by Crippen LogP contribution is -2.48. The van der Waals surface area contributed by atoms with Gasteiger partial charge in [-0.1, -0.05) is 24.6 Å². The van der Waals surface area contributed by atoms with Gasteiger partial charge >= 0.3 is 0 Å². The van der Waals surface area contributed by atoms with Crippen LogP contribution >= 0.6 is 0 Å². The number of hydrogen-bond acceptors (Lipinski definition) is 6. The van der Waals surface area contributed by atoms with Crippen LogP contribution in [-0.2, 0) is 6.61 Å². The number of rotatable bonds is 9. The monoisotopic (exact) mass is 462 g/mol. The molecule has 3 aromatic rings. The third kappa shape index (κ3) is 6.24. The van der Waals surface area contributed by atoms with Gasteiger partial charge in [-0.25, -0.2) is 4.98 Å². The summed E-state index contributed by atoms with van der Waals surface area (Å²) in [5, 5.41) is 3.03. The molecule has 0 aliphatic carbocycles. The normalized spacial score (nSPS) is 14.8. The van der Waals surface area contributed by atoms with Crippen LogP contribution in [-0.4, -0.2) is 66.5 Å². The minimum Gasteiger partial charge on any atom is -0.487 e. The molecule has 1 saturated heterocycles. The number of oxazole rings is 1. The molecule has 0 spiro atoms. The number of nitrogens with one attached hydrogen (secondary N) is 1. The zero-order valence-electron chi connectivity index (χ0n) is 20.3. The first kappa shape index (κ1) is 24.0. The van der Waals surface area contributed by atoms with Crippen LogP contribution in [0, 0.1) is 13.8 Å². The van der Waals surface area contributed by atoms with Crippen molar-refractivity contribution in [2.75, 3.05) is 45.8 Å². The van der Waals surface area contributed by atoms with Crippen molar-refractivity contribution in [3.8, 4) is 17.2 Å². The fraction of sp³-hybridized carbons (Fsp3) is 0.407. The van der Waals surface area contributed by atoms with Gasteiger partial charge in [0.15, 0.2) is 0 Å². The minimum atomic E-state index is -0.0606. The highest BCUT2D eigenvalue weighted by Gasteiger charge is 2.16. The van der Waals surface area contributed by atoms with E-state index in [1.807, 2.05) is 62.4 Å². The Balaban J connectivity index is 1.27. The van der Waals surface area contributed by atoms with Crippen LogP contribution < -0.4 is 10.1 Å². The molecular weight excluding hydrogens is 428 g/mol. The van der Waals surface area contributed by atoms with Crippen molar-refractivity contribution in [3.63, 3.8) is 0 Å². The van der Waals surface area contributed by atoms with Crippen molar-refractivity contribution in [2.24, 2.45) is 0 Å². The van der Waals surface area contributed by atoms with Crippen LogP contribution in [0.25, 0.3) is 11.5 Å². The Labute approximate surface area is 201 Å². The van der Waals surface area contributed by atoms with E-state index in [1.54, 1.807) is 0 Å². The average Bonchev–Trinajstić information content (AvgIpc) is 3.24. The number of aryl methyl sites for hydroxylation is 2. The Morgan fingerprint density at radius 1 is 1.00 bits per heavy atom. The molecule has 1 N–H and O–H groups in total. The number of carbonyl (C=O) groups is 1. The summed E-state index contributed by atoms with van der Waals surface area (Å²) in [5.74, 6) is 1.99. The lowest BCUT2D eigenvalue weighted by Gasteiger charge is -2.33. The summed E-state index contributed by atoms with van der Waals surface area (Å²) in [4.78, 5) is 22.0. The van der Waals surface area contributed by atoms with Crippen LogP contribution in [0.2, 0.25) is 0 Å². The first-order valence-electron chi connectivity index (χ1n) is 12.0. The van der Waals surface area contributed by atoms with Crippen molar-refractivity contribution < 1.29 is 13.9 Å². The molecular formula is C27H34N4O3. The molecule has 0 atom stereocenters. The third-order valence-electron chi connectivity index (χ3n) is 6.31. The Morgan fingerprint density at radius 2 is 1.68 bits per heavy atom. The third-order valence-corrected chi connectivity index (χ3v) is 6.31. The van der Waals surface area contributed by atoms with Crippen molar-refractivity contribution in [2.45, 2.75) is 27.4 Å². The summed E-state index contributed by atoms with van der Waals surface area (Å²) in [6.45, 7) is 13.4. The zero-order chi connectivity index (χ0) is 23.9. The number of likely N-dealkylation sites (N-methyl/N-ethyl adjacent to an activating group) is 1. The van der Waals surface area contributed by atoms with Crippen LogP contribution in [0.15, 0.2) is 52.9 Å². The Hall–Kier alpha value is -3.16. The smallest absolute Gasteiger partial charge is 0.251 e. The number of aromatic nitrogens is 1. The maximum absolute atomic E-state index is 12.5. The van der Waals surface area contributed by atoms with Gasteiger partial charge in [0.1, 0.15) is 23.8 Å². The predicted octanol–water partition coefficient (Wildman–Crippen LogP) is 3.90. The summed E-state index contributed by atoms with van der Waals surface area (Å²) in [7, 11) is 0. The minimum absolute atomic E-state index is 0.0606. The molecule has 1 fully saturated rings. The first-order chi connectivity index (χ1) is 16.5. The van der Waals surface area contributed by atoms with Gasteiger partial charge in [-0.2, -0.15) is 0 Å². The van der Waals surface area contributed by atoms with E-state index in [1.165, 1.54) is 5.56 Å². The van der Waals surface area contributed by atoms with Crippen LogP contribution in [0.5, 0.6) is 5.75 Å². The van der Waals surface area contributed by atoms with E-state index < -0.39 is 0 Å². The van der Waals surface area contributed by atoms with Gasteiger partial charge in [0.25, 0.3) is 5.91 Å². The SMILES string of the molecule is CCN1CCN(CCNC(=O)c2ccc(-c3nc(COc4ccc(C)cc4)c(C)o3)cc2)CC1. The molecule has 2 aromatic carbocycles. The number of piperazine rings is 1. The lowest BCUT2D eigenvalue weighted by molar-refractivity contribution is 0.0938. The molecule has 0 saturated carbocycles. The number of amides is 1. The zero-order valence-corrected chi connectivity index (χ0v) is 20.3. The number of hydrogen-bond donors (Lipinski definition) is 1. The second-order valence-electron chi connectivity index (χ2n) is 8.73. The molecule has 1 aliphatic rings. The van der Waals surface area contributed by atoms with Gasteiger partial charge < -0.3 is 19.4 Å². The van der Waals surface area contributed by atoms with E-state index in [9.17, 15) is 4.79 Å². The summed E-state index contributed by atoms with van der Waals surface area (Å²) >= 11 is 0. The van der Waals surface area contributed by atoms with Crippen molar-refractivity contribution >= 4 is 5.91 Å². The van der Waals surface area contributed by atoms with Gasteiger partial charge in [-0.15, -0.1) is 0 Å². The maximum Gasteiger partial charge on any atom is 0.251 e. The molecule has 0 radical (unpaired) electrons. The second-order valence-corrected chi connectivity index (χ2v) is 8.73. The van der Waals surface area contributed by atoms with Crippen molar-refractivity contribution in [3.05, 3.63) is 71.1 Å². The van der Waals surface area contributed by atoms with Gasteiger partial charge in [0.2, 0.25) is 5.89 Å². The molecule has 4 rings (SSSR count). The molecule has 2 heterocycles. The molecule has 0 bridgehead atoms. The highest BCUT2D eigenvalue weighted by atomic mass is 16.5. The second kappa shape index (κ2) is 11.3. The summed E-state index contributed by atoms with van der Waals surface area (Å²) < 4.78 is 11.7. The number of carbonyl (C=O) groups excluding carboxylic acids is 1. The van der Waals surface area contributed by atoms with E-state index in [0.717, 1.165) is 62.0 Å². The van der Waals surface area contributed by atoms with E-state index in [0.29, 0.717) is 24.6 Å². The topological polar surface area (TPSA) is 70.8 Å². The Kier molecular flexibility index (Phi) is 7.98. The van der Waals surface area contributed by atoms with Crippen LogP contribution in [0.3, 0.4) is 0 Å². The molecule has 1 amide bonds. The van der Waals surface area contributed by atoms with E-state index in [-0.39, 0.29) is 5.91 Å². The Bertz CT molecular complexity index is 1070. The summed E-state index contributed by atoms with van der Waals surface area (Å²) in [6.07, 6.45) is 0. The van der Waals surface area contributed by atoms with E-state index >= 15 is 0 Å². The van der Waals surface area contributed by atoms with E-state index in [2.05, 4.69) is 27.0 Å².